The lowest BCUT2D eigenvalue weighted by molar-refractivity contribution is -0.146. The van der Waals surface area contributed by atoms with Crippen molar-refractivity contribution in [2.24, 2.45) is 17.3 Å². The molecule has 3 heterocycles. The number of nitriles is 1. The normalized spacial score (nSPS) is 17.2. The Morgan fingerprint density at radius 1 is 1.04 bits per heavy atom. The highest BCUT2D eigenvalue weighted by molar-refractivity contribution is 5.97. The third kappa shape index (κ3) is 11.9. The van der Waals surface area contributed by atoms with E-state index < -0.39 is 34.7 Å². The van der Waals surface area contributed by atoms with Gasteiger partial charge in [-0.1, -0.05) is 76.7 Å². The van der Waals surface area contributed by atoms with E-state index in [0.717, 1.165) is 51.7 Å². The van der Waals surface area contributed by atoms with Crippen molar-refractivity contribution in [1.82, 2.24) is 30.1 Å². The van der Waals surface area contributed by atoms with E-state index in [-0.39, 0.29) is 55.0 Å². The molecule has 4 aromatic rings. The minimum absolute atomic E-state index is 0.0225. The zero-order valence-corrected chi connectivity index (χ0v) is 42.3. The molecule has 4 atom stereocenters. The van der Waals surface area contributed by atoms with Gasteiger partial charge in [-0.3, -0.25) is 29.0 Å². The Labute approximate surface area is 412 Å². The number of likely N-dealkylation sites (tertiary alicyclic amines) is 1. The number of nitrogens with one attached hydrogen (secondary N) is 2. The molecule has 0 spiro atoms. The standard InChI is InChI=1S/C55H71N7O8/c1-11-47(65)60-23-20-40(30-60)52(67)59(9)49(35(2)3)51(66)57-45(53(68)62-22-14-15-36(4)58-62)27-37-25-41(28-42(64)26-37)39-18-19-44-46(29-39)61(32-54(5,6)33-70-34-63)50(48(44)55(7,8)31-56)43-17-13-12-16-38(43)21-24-69-10/h11-13,16-19,25-26,28-29,34-36,40,45,49,58,64H,1,14-15,20-24,27,30,32-33H2,2-10H3,(H,57,66)/t36-,40+,45+,49?/m1/s1. The molecule has 0 aliphatic carbocycles. The van der Waals surface area contributed by atoms with Gasteiger partial charge in [0.1, 0.15) is 17.8 Å². The van der Waals surface area contributed by atoms with Crippen molar-refractivity contribution >= 4 is 41.0 Å². The van der Waals surface area contributed by atoms with Crippen molar-refractivity contribution in [1.29, 1.82) is 5.26 Å². The summed E-state index contributed by atoms with van der Waals surface area (Å²) < 4.78 is 13.1. The van der Waals surface area contributed by atoms with Crippen LogP contribution in [0.1, 0.15) is 84.4 Å². The number of hydrogen-bond acceptors (Lipinski definition) is 10. The first-order valence-electron chi connectivity index (χ1n) is 24.3. The van der Waals surface area contributed by atoms with Crippen LogP contribution in [0.5, 0.6) is 5.75 Å². The highest BCUT2D eigenvalue weighted by Crippen LogP contribution is 2.45. The zero-order chi connectivity index (χ0) is 51.1. The van der Waals surface area contributed by atoms with Gasteiger partial charge >= 0.3 is 0 Å². The minimum Gasteiger partial charge on any atom is -0.508 e. The number of phenolic OH excluding ortho intramolecular Hbond substituents is 1. The molecule has 2 aliphatic heterocycles. The Bertz CT molecular complexity index is 2630. The van der Waals surface area contributed by atoms with Crippen LogP contribution in [0.25, 0.3) is 33.3 Å². The molecule has 70 heavy (non-hydrogen) atoms. The minimum atomic E-state index is -1.08. The molecule has 1 unspecified atom stereocenters. The van der Waals surface area contributed by atoms with Crippen LogP contribution in [0.15, 0.2) is 73.3 Å². The summed E-state index contributed by atoms with van der Waals surface area (Å²) >= 11 is 0. The molecule has 15 heteroatoms. The van der Waals surface area contributed by atoms with Crippen LogP contribution in [0.2, 0.25) is 0 Å². The Kier molecular flexibility index (Phi) is 17.0. The van der Waals surface area contributed by atoms with Gasteiger partial charge in [0.2, 0.25) is 17.7 Å². The number of fused-ring (bicyclic) bond motifs is 1. The number of nitrogens with zero attached hydrogens (tertiary/aromatic N) is 5. The van der Waals surface area contributed by atoms with E-state index >= 15 is 0 Å². The summed E-state index contributed by atoms with van der Waals surface area (Å²) in [7, 11) is 3.26. The van der Waals surface area contributed by atoms with E-state index in [0.29, 0.717) is 56.7 Å². The lowest BCUT2D eigenvalue weighted by Gasteiger charge is -2.36. The zero-order valence-electron chi connectivity index (χ0n) is 42.3. The maximum atomic E-state index is 14.6. The summed E-state index contributed by atoms with van der Waals surface area (Å²) in [6, 6.07) is 19.9. The third-order valence-corrected chi connectivity index (χ3v) is 13.7. The number of carbonyl (C=O) groups is 5. The van der Waals surface area contributed by atoms with Crippen LogP contribution in [-0.2, 0) is 58.2 Å². The number of hydrogen-bond donors (Lipinski definition) is 3. The first-order valence-corrected chi connectivity index (χ1v) is 24.3. The number of ether oxygens (including phenoxy) is 2. The van der Waals surface area contributed by atoms with Crippen LogP contribution in [-0.4, -0.2) is 120 Å². The first kappa shape index (κ1) is 52.9. The molecule has 0 bridgehead atoms. The Morgan fingerprint density at radius 2 is 1.79 bits per heavy atom. The molecule has 1 aromatic heterocycles. The lowest BCUT2D eigenvalue weighted by atomic mass is 9.81. The second kappa shape index (κ2) is 22.5. The van der Waals surface area contributed by atoms with Gasteiger partial charge in [0, 0.05) is 80.2 Å². The van der Waals surface area contributed by atoms with Crippen molar-refractivity contribution < 1.29 is 38.6 Å². The predicted molar refractivity (Wildman–Crippen MR) is 270 cm³/mol. The average Bonchev–Trinajstić information content (AvgIpc) is 3.95. The smallest absolute Gasteiger partial charge is 0.293 e. The second-order valence-corrected chi connectivity index (χ2v) is 20.7. The fourth-order valence-corrected chi connectivity index (χ4v) is 10.2. The molecule has 374 valence electrons. The number of likely N-dealkylation sites (N-methyl/N-ethyl adjacent to an activating group) is 1. The molecule has 3 N–H and O–H groups in total. The molecule has 6 rings (SSSR count). The molecule has 3 aromatic carbocycles. The van der Waals surface area contributed by atoms with Crippen molar-refractivity contribution in [2.45, 2.75) is 111 Å². The molecular formula is C55H71N7O8. The van der Waals surface area contributed by atoms with Crippen LogP contribution >= 0.6 is 0 Å². The van der Waals surface area contributed by atoms with Gasteiger partial charge in [0.05, 0.1) is 36.3 Å². The van der Waals surface area contributed by atoms with Crippen molar-refractivity contribution in [3.8, 4) is 34.2 Å². The van der Waals surface area contributed by atoms with E-state index in [1.165, 1.54) is 11.0 Å². The first-order chi connectivity index (χ1) is 33.2. The molecule has 2 saturated heterocycles. The Hall–Kier alpha value is -6.50. The van der Waals surface area contributed by atoms with Gasteiger partial charge in [-0.25, -0.2) is 5.43 Å². The number of aromatic hydroxyl groups is 1. The molecule has 15 nitrogen and oxygen atoms in total. The van der Waals surface area contributed by atoms with E-state index in [1.54, 1.807) is 36.2 Å². The average molecular weight is 958 g/mol. The molecule has 0 radical (unpaired) electrons. The predicted octanol–water partition coefficient (Wildman–Crippen LogP) is 6.93. The number of rotatable bonds is 20. The van der Waals surface area contributed by atoms with Gasteiger partial charge in [0.15, 0.2) is 0 Å². The highest BCUT2D eigenvalue weighted by atomic mass is 16.5. The van der Waals surface area contributed by atoms with Crippen LogP contribution in [0, 0.1) is 28.6 Å². The number of hydrazine groups is 1. The number of carbonyl (C=O) groups excluding carboxylic acids is 5. The SMILES string of the molecule is C=CC(=O)N1CC[C@H](C(=O)N(C)C(C(=O)N[C@@H](Cc2cc(O)cc(-c3ccc4c(C(C)(C)C#N)c(-c5ccccc5CCOC)n(CC(C)(C)COC=O)c4c3)c2)C(=O)N2CCC[C@@H](C)N2)C(C)C)C1. The van der Waals surface area contributed by atoms with Crippen LogP contribution in [0.3, 0.4) is 0 Å². The van der Waals surface area contributed by atoms with E-state index in [2.05, 4.69) is 40.1 Å². The summed E-state index contributed by atoms with van der Waals surface area (Å²) in [5.41, 5.74) is 8.35. The van der Waals surface area contributed by atoms with Crippen LogP contribution < -0.4 is 10.7 Å². The van der Waals surface area contributed by atoms with Gasteiger partial charge in [-0.05, 0) is 98.9 Å². The number of benzene rings is 3. The highest BCUT2D eigenvalue weighted by Gasteiger charge is 2.40. The molecule has 2 aliphatic rings. The third-order valence-electron chi connectivity index (χ3n) is 13.7. The fraction of sp³-hybridized carbons (Fsp3) is 0.491. The quantitative estimate of drug-likeness (QED) is 0.0620. The summed E-state index contributed by atoms with van der Waals surface area (Å²) in [5, 5.41) is 27.6. The summed E-state index contributed by atoms with van der Waals surface area (Å²) in [4.78, 5) is 69.8. The summed E-state index contributed by atoms with van der Waals surface area (Å²) in [6.07, 6.45) is 4.01. The van der Waals surface area contributed by atoms with Gasteiger partial charge in [-0.15, -0.1) is 0 Å². The number of amides is 4. The van der Waals surface area contributed by atoms with E-state index in [1.807, 2.05) is 84.9 Å². The second-order valence-electron chi connectivity index (χ2n) is 20.7. The van der Waals surface area contributed by atoms with Crippen molar-refractivity contribution in [2.75, 3.05) is 47.0 Å². The maximum Gasteiger partial charge on any atom is 0.293 e. The van der Waals surface area contributed by atoms with Gasteiger partial charge < -0.3 is 34.3 Å². The number of phenols is 1. The molecule has 4 amide bonds. The monoisotopic (exact) mass is 958 g/mol. The van der Waals surface area contributed by atoms with E-state index in [9.17, 15) is 34.3 Å². The van der Waals surface area contributed by atoms with Crippen molar-refractivity contribution in [3.63, 3.8) is 0 Å². The van der Waals surface area contributed by atoms with Crippen LogP contribution in [0.4, 0.5) is 0 Å². The maximum absolute atomic E-state index is 14.6. The van der Waals surface area contributed by atoms with Crippen molar-refractivity contribution in [3.05, 3.63) is 90.0 Å². The largest absolute Gasteiger partial charge is 0.508 e. The fourth-order valence-electron chi connectivity index (χ4n) is 10.2. The molecular weight excluding hydrogens is 887 g/mol. The molecule has 0 saturated carbocycles. The van der Waals surface area contributed by atoms with Gasteiger partial charge in [-0.2, -0.15) is 5.26 Å². The van der Waals surface area contributed by atoms with E-state index in [4.69, 9.17) is 9.47 Å². The lowest BCUT2D eigenvalue weighted by Crippen LogP contribution is -2.60. The number of aromatic nitrogens is 1. The Morgan fingerprint density at radius 3 is 2.46 bits per heavy atom. The summed E-state index contributed by atoms with van der Waals surface area (Å²) in [6.45, 7) is 19.7. The molecule has 2 fully saturated rings. The number of methoxy groups -OCH3 is 1. The summed E-state index contributed by atoms with van der Waals surface area (Å²) in [5.74, 6) is -2.19. The topological polar surface area (TPSA) is 187 Å². The van der Waals surface area contributed by atoms with Gasteiger partial charge in [0.25, 0.3) is 12.4 Å². The Balaban J connectivity index is 1.43.